The predicted octanol–water partition coefficient (Wildman–Crippen LogP) is 4.51. The average Bonchev–Trinajstić information content (AvgIpc) is 2.47. The van der Waals surface area contributed by atoms with E-state index in [9.17, 15) is 0 Å². The van der Waals surface area contributed by atoms with Crippen LogP contribution in [0.1, 0.15) is 12.5 Å². The van der Waals surface area contributed by atoms with Crippen LogP contribution in [0.15, 0.2) is 48.7 Å². The van der Waals surface area contributed by atoms with Gasteiger partial charge in [0, 0.05) is 17.1 Å². The third kappa shape index (κ3) is 2.32. The molecule has 0 fully saturated rings. The number of fused-ring (bicyclic) bond motifs is 1. The topological polar surface area (TPSA) is 25.8 Å². The first-order valence-corrected chi connectivity index (χ1v) is 6.66. The standard InChI is InChI=1S/C16H13ClN2/c1-2-11-5-7-12(8-6-11)14-10-13-4-3-9-18-16(13)19-15(14)17/h3-10H,2H2,1H3. The third-order valence-corrected chi connectivity index (χ3v) is 3.50. The van der Waals surface area contributed by atoms with Crippen LogP contribution in [-0.4, -0.2) is 9.97 Å². The second-order valence-corrected chi connectivity index (χ2v) is 4.79. The average molecular weight is 269 g/mol. The molecule has 0 radical (unpaired) electrons. The van der Waals surface area contributed by atoms with E-state index < -0.39 is 0 Å². The van der Waals surface area contributed by atoms with Gasteiger partial charge in [-0.2, -0.15) is 0 Å². The number of halogens is 1. The molecule has 0 saturated carbocycles. The zero-order valence-electron chi connectivity index (χ0n) is 10.6. The van der Waals surface area contributed by atoms with Gasteiger partial charge in [0.15, 0.2) is 5.65 Å². The third-order valence-electron chi connectivity index (χ3n) is 3.22. The van der Waals surface area contributed by atoms with Gasteiger partial charge in [-0.05, 0) is 35.7 Å². The monoisotopic (exact) mass is 268 g/mol. The highest BCUT2D eigenvalue weighted by Gasteiger charge is 2.07. The van der Waals surface area contributed by atoms with Crippen molar-refractivity contribution >= 4 is 22.6 Å². The number of benzene rings is 1. The van der Waals surface area contributed by atoms with Crippen molar-refractivity contribution in [3.63, 3.8) is 0 Å². The molecule has 0 amide bonds. The highest BCUT2D eigenvalue weighted by Crippen LogP contribution is 2.29. The van der Waals surface area contributed by atoms with Crippen molar-refractivity contribution in [2.75, 3.05) is 0 Å². The van der Waals surface area contributed by atoms with E-state index in [0.29, 0.717) is 10.8 Å². The van der Waals surface area contributed by atoms with E-state index in [-0.39, 0.29) is 0 Å². The quantitative estimate of drug-likeness (QED) is 0.639. The first kappa shape index (κ1) is 12.1. The fourth-order valence-electron chi connectivity index (χ4n) is 2.11. The molecule has 19 heavy (non-hydrogen) atoms. The van der Waals surface area contributed by atoms with Gasteiger partial charge in [0.05, 0.1) is 0 Å². The summed E-state index contributed by atoms with van der Waals surface area (Å²) >= 11 is 6.26. The van der Waals surface area contributed by atoms with E-state index >= 15 is 0 Å². The van der Waals surface area contributed by atoms with Crippen molar-refractivity contribution in [1.82, 2.24) is 9.97 Å². The van der Waals surface area contributed by atoms with Crippen molar-refractivity contribution in [3.8, 4) is 11.1 Å². The van der Waals surface area contributed by atoms with Gasteiger partial charge < -0.3 is 0 Å². The Labute approximate surface area is 117 Å². The summed E-state index contributed by atoms with van der Waals surface area (Å²) in [5.41, 5.74) is 4.03. The predicted molar refractivity (Wildman–Crippen MR) is 79.4 cm³/mol. The molecule has 0 saturated heterocycles. The molecule has 3 heteroatoms. The molecular weight excluding hydrogens is 256 g/mol. The van der Waals surface area contributed by atoms with Crippen LogP contribution >= 0.6 is 11.6 Å². The molecule has 2 heterocycles. The Morgan fingerprint density at radius 3 is 2.63 bits per heavy atom. The zero-order valence-corrected chi connectivity index (χ0v) is 11.4. The lowest BCUT2D eigenvalue weighted by Crippen LogP contribution is -1.88. The number of pyridine rings is 2. The smallest absolute Gasteiger partial charge is 0.160 e. The van der Waals surface area contributed by atoms with Gasteiger partial charge in [0.1, 0.15) is 5.15 Å². The van der Waals surface area contributed by atoms with Crippen molar-refractivity contribution in [3.05, 3.63) is 59.4 Å². The Kier molecular flexibility index (Phi) is 3.18. The Morgan fingerprint density at radius 2 is 1.89 bits per heavy atom. The van der Waals surface area contributed by atoms with Crippen LogP contribution < -0.4 is 0 Å². The van der Waals surface area contributed by atoms with Gasteiger partial charge >= 0.3 is 0 Å². The maximum atomic E-state index is 6.26. The Bertz CT molecular complexity index is 720. The van der Waals surface area contributed by atoms with Crippen LogP contribution in [0.3, 0.4) is 0 Å². The molecule has 3 rings (SSSR count). The molecule has 0 aliphatic rings. The Balaban J connectivity index is 2.15. The van der Waals surface area contributed by atoms with E-state index in [1.165, 1.54) is 5.56 Å². The Hall–Kier alpha value is -1.93. The largest absolute Gasteiger partial charge is 0.237 e. The molecule has 2 aromatic heterocycles. The summed E-state index contributed by atoms with van der Waals surface area (Å²) < 4.78 is 0. The van der Waals surface area contributed by atoms with Gasteiger partial charge in [-0.3, -0.25) is 0 Å². The second-order valence-electron chi connectivity index (χ2n) is 4.43. The minimum atomic E-state index is 0.496. The fourth-order valence-corrected chi connectivity index (χ4v) is 2.35. The minimum Gasteiger partial charge on any atom is -0.237 e. The van der Waals surface area contributed by atoms with E-state index in [0.717, 1.165) is 22.9 Å². The molecule has 0 atom stereocenters. The van der Waals surface area contributed by atoms with Gasteiger partial charge in [-0.1, -0.05) is 42.8 Å². The fraction of sp³-hybridized carbons (Fsp3) is 0.125. The first-order chi connectivity index (χ1) is 9.28. The molecule has 3 aromatic rings. The SMILES string of the molecule is CCc1ccc(-c2cc3cccnc3nc2Cl)cc1. The van der Waals surface area contributed by atoms with Crippen LogP contribution in [0.5, 0.6) is 0 Å². The van der Waals surface area contributed by atoms with Crippen LogP contribution in [0.2, 0.25) is 5.15 Å². The van der Waals surface area contributed by atoms with Crippen LogP contribution in [0, 0.1) is 0 Å². The van der Waals surface area contributed by atoms with E-state index in [1.807, 2.05) is 18.2 Å². The zero-order chi connectivity index (χ0) is 13.2. The number of hydrogen-bond donors (Lipinski definition) is 0. The van der Waals surface area contributed by atoms with Crippen LogP contribution in [-0.2, 0) is 6.42 Å². The molecule has 0 N–H and O–H groups in total. The lowest BCUT2D eigenvalue weighted by atomic mass is 10.0. The summed E-state index contributed by atoms with van der Waals surface area (Å²) in [5, 5.41) is 1.50. The van der Waals surface area contributed by atoms with E-state index in [1.54, 1.807) is 6.20 Å². The van der Waals surface area contributed by atoms with Crippen molar-refractivity contribution < 1.29 is 0 Å². The summed E-state index contributed by atoms with van der Waals surface area (Å²) in [4.78, 5) is 8.56. The lowest BCUT2D eigenvalue weighted by molar-refractivity contribution is 1.14. The first-order valence-electron chi connectivity index (χ1n) is 6.28. The summed E-state index contributed by atoms with van der Waals surface area (Å²) in [6.45, 7) is 2.14. The summed E-state index contributed by atoms with van der Waals surface area (Å²) in [5.74, 6) is 0. The number of rotatable bonds is 2. The van der Waals surface area contributed by atoms with Crippen LogP contribution in [0.25, 0.3) is 22.2 Å². The van der Waals surface area contributed by atoms with E-state index in [2.05, 4.69) is 41.2 Å². The number of aromatic nitrogens is 2. The number of hydrogen-bond acceptors (Lipinski definition) is 2. The summed E-state index contributed by atoms with van der Waals surface area (Å²) in [6.07, 6.45) is 2.76. The molecule has 1 aromatic carbocycles. The van der Waals surface area contributed by atoms with Gasteiger partial charge in [-0.15, -0.1) is 0 Å². The lowest BCUT2D eigenvalue weighted by Gasteiger charge is -2.06. The van der Waals surface area contributed by atoms with Crippen molar-refractivity contribution in [2.45, 2.75) is 13.3 Å². The van der Waals surface area contributed by atoms with Gasteiger partial charge in [-0.25, -0.2) is 9.97 Å². The second kappa shape index (κ2) is 4.98. The number of aryl methyl sites for hydroxylation is 1. The molecule has 94 valence electrons. The van der Waals surface area contributed by atoms with Crippen molar-refractivity contribution in [1.29, 1.82) is 0 Å². The molecule has 0 spiro atoms. The maximum absolute atomic E-state index is 6.26. The van der Waals surface area contributed by atoms with Gasteiger partial charge in [0.25, 0.3) is 0 Å². The normalized spacial score (nSPS) is 10.8. The summed E-state index contributed by atoms with van der Waals surface area (Å²) in [7, 11) is 0. The van der Waals surface area contributed by atoms with Crippen molar-refractivity contribution in [2.24, 2.45) is 0 Å². The van der Waals surface area contributed by atoms with Gasteiger partial charge in [0.2, 0.25) is 0 Å². The maximum Gasteiger partial charge on any atom is 0.160 e. The highest BCUT2D eigenvalue weighted by atomic mass is 35.5. The molecular formula is C16H13ClN2. The van der Waals surface area contributed by atoms with Crippen LogP contribution in [0.4, 0.5) is 0 Å². The van der Waals surface area contributed by atoms with E-state index in [4.69, 9.17) is 11.6 Å². The summed E-state index contributed by atoms with van der Waals surface area (Å²) in [6, 6.07) is 14.4. The Morgan fingerprint density at radius 1 is 1.11 bits per heavy atom. The minimum absolute atomic E-state index is 0.496. The number of nitrogens with zero attached hydrogens (tertiary/aromatic N) is 2. The molecule has 0 unspecified atom stereocenters. The molecule has 0 aliphatic heterocycles. The molecule has 0 aliphatic carbocycles. The molecule has 2 nitrogen and oxygen atoms in total. The highest BCUT2D eigenvalue weighted by molar-refractivity contribution is 6.32. The molecule has 0 bridgehead atoms.